The van der Waals surface area contributed by atoms with Gasteiger partial charge in [0.25, 0.3) is 5.56 Å². The topological polar surface area (TPSA) is 89.1 Å². The van der Waals surface area contributed by atoms with Gasteiger partial charge in [0.1, 0.15) is 17.2 Å². The predicted octanol–water partition coefficient (Wildman–Crippen LogP) is -2.96. The smallest absolute Gasteiger partial charge is 0.383 e. The standard InChI is InChI=1S/C7H7N5OS.Na/c1-3-6(13)10-5-2-4(8)9-7(14)12(5)11-3;/h2H,1H3,(H,10,13)(H2,8,9,14);/q;+1. The molecular weight excluding hydrogens is 225 g/mol. The first-order chi connectivity index (χ1) is 6.58. The van der Waals surface area contributed by atoms with Crippen molar-refractivity contribution < 1.29 is 29.6 Å². The van der Waals surface area contributed by atoms with E-state index in [-0.39, 0.29) is 45.7 Å². The number of aryl methyl sites for hydroxylation is 1. The summed E-state index contributed by atoms with van der Waals surface area (Å²) in [7, 11) is 0. The molecular formula is C7H7N5NaOS+. The van der Waals surface area contributed by atoms with Crippen molar-refractivity contribution in [3.63, 3.8) is 0 Å². The Kier molecular flexibility index (Phi) is 3.61. The zero-order chi connectivity index (χ0) is 10.3. The van der Waals surface area contributed by atoms with E-state index in [9.17, 15) is 4.79 Å². The van der Waals surface area contributed by atoms with Gasteiger partial charge in [0.05, 0.1) is 0 Å². The number of hydrogen-bond acceptors (Lipinski definition) is 5. The van der Waals surface area contributed by atoms with Crippen molar-refractivity contribution >= 4 is 23.7 Å². The molecule has 0 radical (unpaired) electrons. The van der Waals surface area contributed by atoms with Gasteiger partial charge in [-0.2, -0.15) is 9.61 Å². The fraction of sp³-hybridized carbons (Fsp3) is 0.143. The normalized spacial score (nSPS) is 9.93. The van der Waals surface area contributed by atoms with E-state index >= 15 is 0 Å². The zero-order valence-corrected chi connectivity index (χ0v) is 11.1. The van der Waals surface area contributed by atoms with E-state index in [2.05, 4.69) is 15.1 Å². The van der Waals surface area contributed by atoms with Gasteiger partial charge in [-0.3, -0.25) is 4.79 Å². The van der Waals surface area contributed by atoms with Crippen LogP contribution >= 0.6 is 12.2 Å². The minimum atomic E-state index is -0.259. The van der Waals surface area contributed by atoms with Gasteiger partial charge in [0.2, 0.25) is 4.77 Å². The van der Waals surface area contributed by atoms with Crippen molar-refractivity contribution in [2.75, 3.05) is 5.73 Å². The second-order valence-electron chi connectivity index (χ2n) is 2.80. The van der Waals surface area contributed by atoms with Gasteiger partial charge in [0.15, 0.2) is 0 Å². The van der Waals surface area contributed by atoms with Crippen molar-refractivity contribution in [1.29, 1.82) is 0 Å². The van der Waals surface area contributed by atoms with Crippen LogP contribution in [0.25, 0.3) is 5.65 Å². The average Bonchev–Trinajstić information content (AvgIpc) is 2.08. The van der Waals surface area contributed by atoms with E-state index in [1.165, 1.54) is 10.6 Å². The van der Waals surface area contributed by atoms with E-state index < -0.39 is 0 Å². The van der Waals surface area contributed by atoms with Gasteiger partial charge >= 0.3 is 29.6 Å². The Bertz CT molecular complexity index is 619. The number of nitrogens with zero attached hydrogens (tertiary/aromatic N) is 3. The molecule has 0 amide bonds. The summed E-state index contributed by atoms with van der Waals surface area (Å²) in [6, 6.07) is 1.50. The van der Waals surface area contributed by atoms with Gasteiger partial charge < -0.3 is 10.7 Å². The zero-order valence-electron chi connectivity index (χ0n) is 8.31. The van der Waals surface area contributed by atoms with Gasteiger partial charge in [0, 0.05) is 6.07 Å². The van der Waals surface area contributed by atoms with Crippen molar-refractivity contribution in [1.82, 2.24) is 19.6 Å². The first-order valence-corrected chi connectivity index (χ1v) is 4.25. The van der Waals surface area contributed by atoms with Crippen LogP contribution in [0.4, 0.5) is 5.82 Å². The van der Waals surface area contributed by atoms with Crippen LogP contribution in [0.1, 0.15) is 5.69 Å². The Balaban J connectivity index is 0.00000112. The molecule has 2 aromatic heterocycles. The van der Waals surface area contributed by atoms with E-state index in [0.29, 0.717) is 11.3 Å². The number of aromatic amines is 1. The van der Waals surface area contributed by atoms with Gasteiger partial charge in [-0.1, -0.05) is 0 Å². The minimum Gasteiger partial charge on any atom is -0.383 e. The molecule has 0 aliphatic rings. The molecule has 15 heavy (non-hydrogen) atoms. The third-order valence-corrected chi connectivity index (χ3v) is 2.00. The second-order valence-corrected chi connectivity index (χ2v) is 3.17. The number of fused-ring (bicyclic) bond motifs is 1. The number of nitrogen functional groups attached to an aromatic ring is 1. The van der Waals surface area contributed by atoms with Crippen LogP contribution in [-0.2, 0) is 0 Å². The molecule has 0 spiro atoms. The summed E-state index contributed by atoms with van der Waals surface area (Å²) in [6.07, 6.45) is 0. The van der Waals surface area contributed by atoms with Crippen molar-refractivity contribution in [3.05, 3.63) is 26.9 Å². The Morgan fingerprint density at radius 2 is 2.27 bits per heavy atom. The molecule has 0 saturated carbocycles. The van der Waals surface area contributed by atoms with Crippen LogP contribution in [0.2, 0.25) is 0 Å². The van der Waals surface area contributed by atoms with Crippen LogP contribution in [-0.4, -0.2) is 19.6 Å². The van der Waals surface area contributed by atoms with Crippen LogP contribution in [0.3, 0.4) is 0 Å². The molecule has 0 aliphatic heterocycles. The summed E-state index contributed by atoms with van der Waals surface area (Å²) < 4.78 is 1.59. The molecule has 0 bridgehead atoms. The molecule has 2 heterocycles. The Hall–Kier alpha value is -0.760. The molecule has 2 rings (SSSR count). The summed E-state index contributed by atoms with van der Waals surface area (Å²) in [4.78, 5) is 17.7. The fourth-order valence-electron chi connectivity index (χ4n) is 1.08. The largest absolute Gasteiger partial charge is 1.00 e. The van der Waals surface area contributed by atoms with E-state index in [4.69, 9.17) is 18.0 Å². The second kappa shape index (κ2) is 4.40. The van der Waals surface area contributed by atoms with Crippen LogP contribution in [0, 0.1) is 11.7 Å². The number of nitrogens with two attached hydrogens (primary N) is 1. The summed E-state index contributed by atoms with van der Waals surface area (Å²) in [5.41, 5.74) is 5.99. The maximum atomic E-state index is 11.2. The molecule has 8 heteroatoms. The molecule has 2 aromatic rings. The van der Waals surface area contributed by atoms with E-state index in [1.807, 2.05) is 0 Å². The van der Waals surface area contributed by atoms with Gasteiger partial charge in [-0.15, -0.1) is 0 Å². The summed E-state index contributed by atoms with van der Waals surface area (Å²) in [5.74, 6) is 0.260. The number of nitrogens with one attached hydrogen (secondary N) is 1. The predicted molar refractivity (Wildman–Crippen MR) is 53.6 cm³/mol. The molecule has 6 nitrogen and oxygen atoms in total. The average molecular weight is 232 g/mol. The third-order valence-electron chi connectivity index (χ3n) is 1.74. The molecule has 0 aromatic carbocycles. The first-order valence-electron chi connectivity index (χ1n) is 3.84. The van der Waals surface area contributed by atoms with Crippen molar-refractivity contribution in [3.8, 4) is 0 Å². The molecule has 0 aliphatic carbocycles. The van der Waals surface area contributed by atoms with E-state index in [1.54, 1.807) is 6.92 Å². The molecule has 0 saturated heterocycles. The van der Waals surface area contributed by atoms with Crippen LogP contribution in [0.5, 0.6) is 0 Å². The van der Waals surface area contributed by atoms with Crippen LogP contribution in [0.15, 0.2) is 10.9 Å². The Labute approximate surface area is 112 Å². The molecule has 0 atom stereocenters. The number of hydrogen-bond donors (Lipinski definition) is 2. The van der Waals surface area contributed by atoms with Gasteiger partial charge in [-0.25, -0.2) is 4.98 Å². The van der Waals surface area contributed by atoms with Crippen LogP contribution < -0.4 is 40.9 Å². The summed E-state index contributed by atoms with van der Waals surface area (Å²) in [6.45, 7) is 1.59. The third kappa shape index (κ3) is 2.25. The van der Waals surface area contributed by atoms with Crippen molar-refractivity contribution in [2.24, 2.45) is 0 Å². The molecule has 0 fully saturated rings. The molecule has 72 valence electrons. The Morgan fingerprint density at radius 3 is 2.93 bits per heavy atom. The molecule has 3 N–H and O–H groups in total. The quantitative estimate of drug-likeness (QED) is 0.374. The van der Waals surface area contributed by atoms with Crippen molar-refractivity contribution in [2.45, 2.75) is 6.92 Å². The Morgan fingerprint density at radius 1 is 1.60 bits per heavy atom. The molecule has 0 unspecified atom stereocenters. The fourth-order valence-corrected chi connectivity index (χ4v) is 1.33. The summed E-state index contributed by atoms with van der Waals surface area (Å²) >= 11 is 4.93. The number of anilines is 1. The number of rotatable bonds is 0. The maximum Gasteiger partial charge on any atom is 1.00 e. The first kappa shape index (κ1) is 12.3. The SMILES string of the molecule is Cc1nn2c(=S)nc(N)cc2[nH]c1=O.[Na+]. The maximum absolute atomic E-state index is 11.2. The minimum absolute atomic E-state index is 0. The number of aromatic nitrogens is 4. The number of H-pyrrole nitrogens is 1. The van der Waals surface area contributed by atoms with E-state index in [0.717, 1.165) is 0 Å². The van der Waals surface area contributed by atoms with Gasteiger partial charge in [-0.05, 0) is 19.1 Å². The monoisotopic (exact) mass is 232 g/mol. The summed E-state index contributed by atoms with van der Waals surface area (Å²) in [5, 5.41) is 3.97.